The summed E-state index contributed by atoms with van der Waals surface area (Å²) in [5, 5.41) is 0.794. The van der Waals surface area contributed by atoms with Crippen molar-refractivity contribution in [1.82, 2.24) is 0 Å². The highest BCUT2D eigenvalue weighted by Gasteiger charge is 2.27. The van der Waals surface area contributed by atoms with Gasteiger partial charge in [0, 0.05) is 11.4 Å². The van der Waals surface area contributed by atoms with E-state index in [-0.39, 0.29) is 17.9 Å². The highest BCUT2D eigenvalue weighted by Crippen LogP contribution is 2.13. The van der Waals surface area contributed by atoms with Crippen LogP contribution in [0.3, 0.4) is 0 Å². The van der Waals surface area contributed by atoms with Gasteiger partial charge in [-0.1, -0.05) is 23.7 Å². The van der Waals surface area contributed by atoms with Crippen molar-refractivity contribution in [3.63, 3.8) is 0 Å². The molecular formula is C13H20Cl3N. The van der Waals surface area contributed by atoms with Crippen LogP contribution in [0.5, 0.6) is 0 Å². The number of rotatable bonds is 5. The summed E-state index contributed by atoms with van der Waals surface area (Å²) in [6, 6.07) is 8.09. The molecule has 0 radical (unpaired) electrons. The normalized spacial score (nSPS) is 13.0. The van der Waals surface area contributed by atoms with E-state index >= 15 is 0 Å². The molecule has 1 rings (SSSR count). The van der Waals surface area contributed by atoms with Crippen molar-refractivity contribution in [2.75, 3.05) is 19.5 Å². The van der Waals surface area contributed by atoms with E-state index in [1.54, 1.807) is 0 Å². The number of alkyl halides is 1. The van der Waals surface area contributed by atoms with Crippen molar-refractivity contribution in [2.24, 2.45) is 0 Å². The van der Waals surface area contributed by atoms with Crippen LogP contribution in [-0.4, -0.2) is 25.0 Å². The molecule has 0 amide bonds. The Morgan fingerprint density at radius 3 is 2.18 bits per heavy atom. The van der Waals surface area contributed by atoms with Gasteiger partial charge in [-0.2, -0.15) is 0 Å². The molecule has 4 heteroatoms. The van der Waals surface area contributed by atoms with Crippen LogP contribution in [0.2, 0.25) is 5.02 Å². The fourth-order valence-corrected chi connectivity index (χ4v) is 2.15. The van der Waals surface area contributed by atoms with E-state index in [1.807, 2.05) is 12.1 Å². The predicted molar refractivity (Wildman–Crippen MR) is 71.7 cm³/mol. The first kappa shape index (κ1) is 17.1. The van der Waals surface area contributed by atoms with Gasteiger partial charge < -0.3 is 17.3 Å². The molecule has 0 aliphatic carbocycles. The molecule has 0 aromatic heterocycles. The Kier molecular flexibility index (Phi) is 7.50. The predicted octanol–water partition coefficient (Wildman–Crippen LogP) is -0.581. The molecule has 1 aromatic rings. The Balaban J connectivity index is 0.00000256. The van der Waals surface area contributed by atoms with Gasteiger partial charge in [0.15, 0.2) is 0 Å². The lowest BCUT2D eigenvalue weighted by molar-refractivity contribution is -0.927. The van der Waals surface area contributed by atoms with Crippen LogP contribution in [0.15, 0.2) is 24.3 Å². The topological polar surface area (TPSA) is 4.44 Å². The minimum absolute atomic E-state index is 0. The monoisotopic (exact) mass is 295 g/mol. The van der Waals surface area contributed by atoms with Gasteiger partial charge in [-0.25, -0.2) is 0 Å². The zero-order valence-electron chi connectivity index (χ0n) is 10.6. The van der Waals surface area contributed by atoms with Gasteiger partial charge in [0.1, 0.15) is 0 Å². The number of hydrogen-bond donors (Lipinski definition) is 1. The van der Waals surface area contributed by atoms with Crippen molar-refractivity contribution >= 4 is 23.2 Å². The average Bonchev–Trinajstić information content (AvgIpc) is 2.21. The molecule has 98 valence electrons. The minimum Gasteiger partial charge on any atom is -1.00 e. The number of halogens is 3. The molecule has 0 bridgehead atoms. The summed E-state index contributed by atoms with van der Waals surface area (Å²) < 4.78 is 0. The number of likely N-dealkylation sites (N-methyl/N-ethyl adjacent to an activating group) is 1. The maximum atomic E-state index is 5.87. The Hall–Kier alpha value is 0.0500. The number of hydrogen-bond acceptors (Lipinski definition) is 0. The van der Waals surface area contributed by atoms with Gasteiger partial charge >= 0.3 is 0 Å². The smallest absolute Gasteiger partial charge is 0.0959 e. The third-order valence-corrected chi connectivity index (χ3v) is 3.63. The van der Waals surface area contributed by atoms with Crippen molar-refractivity contribution in [2.45, 2.75) is 25.8 Å². The first-order chi connectivity index (χ1) is 7.45. The molecule has 1 unspecified atom stereocenters. The Bertz CT molecular complexity index is 322. The van der Waals surface area contributed by atoms with E-state index in [9.17, 15) is 0 Å². The molecule has 1 aromatic carbocycles. The van der Waals surface area contributed by atoms with Gasteiger partial charge in [0.2, 0.25) is 0 Å². The zero-order chi connectivity index (χ0) is 12.2. The minimum atomic E-state index is 0. The summed E-state index contributed by atoms with van der Waals surface area (Å²) >= 11 is 11.7. The second-order valence-corrected chi connectivity index (χ2v) is 5.72. The fraction of sp³-hybridized carbons (Fsp3) is 0.538. The van der Waals surface area contributed by atoms with Crippen LogP contribution < -0.4 is 17.3 Å². The standard InChI is InChI=1S/C13H19Cl2N.ClH/c1-13(2,16(3)9-8-14)10-11-4-6-12(15)7-5-11;/h4-7H,8-10H2,1-3H3;1H. The van der Waals surface area contributed by atoms with Gasteiger partial charge in [0.25, 0.3) is 0 Å². The van der Waals surface area contributed by atoms with E-state index in [0.29, 0.717) is 5.88 Å². The SMILES string of the molecule is C[NH+](CCCl)C(C)(C)Cc1ccc(Cl)cc1.[Cl-]. The lowest BCUT2D eigenvalue weighted by Gasteiger charge is -2.32. The molecule has 0 aliphatic rings. The van der Waals surface area contributed by atoms with Crippen LogP contribution in [0, 0.1) is 0 Å². The highest BCUT2D eigenvalue weighted by atomic mass is 35.5. The second kappa shape index (κ2) is 7.48. The van der Waals surface area contributed by atoms with Crippen molar-refractivity contribution in [1.29, 1.82) is 0 Å². The quantitative estimate of drug-likeness (QED) is 0.694. The number of benzene rings is 1. The third-order valence-electron chi connectivity index (χ3n) is 3.18. The molecule has 0 aliphatic heterocycles. The molecule has 0 spiro atoms. The molecule has 0 fully saturated rings. The van der Waals surface area contributed by atoms with Crippen molar-refractivity contribution in [3.05, 3.63) is 34.9 Å². The van der Waals surface area contributed by atoms with Crippen molar-refractivity contribution < 1.29 is 17.3 Å². The van der Waals surface area contributed by atoms with Gasteiger partial charge in [-0.15, -0.1) is 11.6 Å². The van der Waals surface area contributed by atoms with E-state index in [2.05, 4.69) is 33.0 Å². The highest BCUT2D eigenvalue weighted by molar-refractivity contribution is 6.30. The van der Waals surface area contributed by atoms with E-state index < -0.39 is 0 Å². The van der Waals surface area contributed by atoms with Crippen LogP contribution in [-0.2, 0) is 6.42 Å². The van der Waals surface area contributed by atoms with Gasteiger partial charge in [-0.3, -0.25) is 0 Å². The molecule has 17 heavy (non-hydrogen) atoms. The summed E-state index contributed by atoms with van der Waals surface area (Å²) in [5.74, 6) is 0.704. The summed E-state index contributed by atoms with van der Waals surface area (Å²) in [6.07, 6.45) is 1.03. The molecule has 0 heterocycles. The Labute approximate surface area is 121 Å². The van der Waals surface area contributed by atoms with Crippen LogP contribution in [0.25, 0.3) is 0 Å². The zero-order valence-corrected chi connectivity index (χ0v) is 12.8. The van der Waals surface area contributed by atoms with Gasteiger partial charge in [-0.05, 0) is 31.5 Å². The summed E-state index contributed by atoms with van der Waals surface area (Å²) in [4.78, 5) is 1.46. The largest absolute Gasteiger partial charge is 1.00 e. The Morgan fingerprint density at radius 1 is 1.18 bits per heavy atom. The lowest BCUT2D eigenvalue weighted by atomic mass is 9.93. The number of nitrogens with one attached hydrogen (secondary N) is 1. The molecule has 1 N–H and O–H groups in total. The molecule has 0 saturated carbocycles. The molecule has 1 atom stereocenters. The summed E-state index contributed by atoms with van der Waals surface area (Å²) in [6.45, 7) is 5.52. The number of quaternary nitrogens is 1. The van der Waals surface area contributed by atoms with Crippen LogP contribution >= 0.6 is 23.2 Å². The third kappa shape index (κ3) is 5.48. The summed E-state index contributed by atoms with van der Waals surface area (Å²) in [5.41, 5.74) is 1.52. The molecule has 1 nitrogen and oxygen atoms in total. The van der Waals surface area contributed by atoms with Crippen LogP contribution in [0.4, 0.5) is 0 Å². The molecule has 0 saturated heterocycles. The first-order valence-corrected chi connectivity index (χ1v) is 6.50. The average molecular weight is 297 g/mol. The second-order valence-electron chi connectivity index (χ2n) is 4.91. The maximum Gasteiger partial charge on any atom is 0.0959 e. The van der Waals surface area contributed by atoms with Crippen molar-refractivity contribution in [3.8, 4) is 0 Å². The van der Waals surface area contributed by atoms with E-state index in [4.69, 9.17) is 23.2 Å². The molecular weight excluding hydrogens is 277 g/mol. The Morgan fingerprint density at radius 2 is 1.71 bits per heavy atom. The van der Waals surface area contributed by atoms with E-state index in [0.717, 1.165) is 18.0 Å². The van der Waals surface area contributed by atoms with E-state index in [1.165, 1.54) is 10.5 Å². The fourth-order valence-electron chi connectivity index (χ4n) is 1.74. The maximum absolute atomic E-state index is 5.87. The summed E-state index contributed by atoms with van der Waals surface area (Å²) in [7, 11) is 2.19. The lowest BCUT2D eigenvalue weighted by Crippen LogP contribution is -3.17. The van der Waals surface area contributed by atoms with Gasteiger partial charge in [0.05, 0.1) is 25.0 Å². The first-order valence-electron chi connectivity index (χ1n) is 5.59. The van der Waals surface area contributed by atoms with Crippen LogP contribution in [0.1, 0.15) is 19.4 Å².